The van der Waals surface area contributed by atoms with E-state index in [-0.39, 0.29) is 0 Å². The molecule has 2 heteroatoms. The molecule has 0 unspecified atom stereocenters. The smallest absolute Gasteiger partial charge is 0.150 e. The molecule has 2 nitrogen and oxygen atoms in total. The second-order valence-electron chi connectivity index (χ2n) is 2.69. The number of hydrogen-bond donors (Lipinski definition) is 1. The summed E-state index contributed by atoms with van der Waals surface area (Å²) in [6.07, 6.45) is 0.164. The summed E-state index contributed by atoms with van der Waals surface area (Å²) in [7, 11) is 0. The molecule has 1 atom stereocenters. The molecule has 0 amide bonds. The van der Waals surface area contributed by atoms with E-state index in [0.717, 1.165) is 11.8 Å². The fourth-order valence-corrected chi connectivity index (χ4v) is 0.833. The summed E-state index contributed by atoms with van der Waals surface area (Å²) in [6.45, 7) is 1.60. The van der Waals surface area contributed by atoms with Gasteiger partial charge in [-0.1, -0.05) is 24.0 Å². The van der Waals surface area contributed by atoms with E-state index in [1.54, 1.807) is 31.2 Å². The Bertz CT molecular complexity index is 339. The lowest BCUT2D eigenvalue weighted by molar-refractivity contribution is 0.112. The van der Waals surface area contributed by atoms with Crippen LogP contribution in [0.4, 0.5) is 0 Å². The van der Waals surface area contributed by atoms with Crippen molar-refractivity contribution in [1.29, 1.82) is 0 Å². The second-order valence-corrected chi connectivity index (χ2v) is 2.69. The number of aliphatic hydroxyl groups is 1. The fraction of sp³-hybridized carbons (Fsp3) is 0.182. The molecule has 0 saturated heterocycles. The molecule has 1 aromatic rings. The minimum atomic E-state index is -0.620. The van der Waals surface area contributed by atoms with Gasteiger partial charge in [-0.05, 0) is 19.1 Å². The first kappa shape index (κ1) is 9.50. The number of aldehydes is 1. The zero-order chi connectivity index (χ0) is 9.68. The SMILES string of the molecule is C[C@H](O)C#Cc1ccc(C=O)cc1. The van der Waals surface area contributed by atoms with Crippen LogP contribution in [0.2, 0.25) is 0 Å². The van der Waals surface area contributed by atoms with Crippen molar-refractivity contribution in [3.05, 3.63) is 35.4 Å². The van der Waals surface area contributed by atoms with Crippen molar-refractivity contribution in [3.63, 3.8) is 0 Å². The van der Waals surface area contributed by atoms with E-state index in [1.165, 1.54) is 0 Å². The Hall–Kier alpha value is -1.59. The number of rotatable bonds is 1. The number of carbonyl (C=O) groups is 1. The van der Waals surface area contributed by atoms with Gasteiger partial charge in [0.05, 0.1) is 0 Å². The minimum absolute atomic E-state index is 0.620. The van der Waals surface area contributed by atoms with Crippen LogP contribution in [0.25, 0.3) is 0 Å². The first-order chi connectivity index (χ1) is 6.22. The Morgan fingerprint density at radius 2 is 2.00 bits per heavy atom. The van der Waals surface area contributed by atoms with Crippen LogP contribution in [0.5, 0.6) is 0 Å². The first-order valence-electron chi connectivity index (χ1n) is 3.97. The predicted molar refractivity (Wildman–Crippen MR) is 50.4 cm³/mol. The molecular formula is C11H10O2. The highest BCUT2D eigenvalue weighted by Gasteiger charge is 1.89. The average Bonchev–Trinajstić information content (AvgIpc) is 2.15. The topological polar surface area (TPSA) is 37.3 Å². The molecule has 0 aliphatic carbocycles. The molecule has 1 aromatic carbocycles. The van der Waals surface area contributed by atoms with E-state index >= 15 is 0 Å². The van der Waals surface area contributed by atoms with Gasteiger partial charge in [0.15, 0.2) is 0 Å². The molecule has 0 aliphatic rings. The Kier molecular flexibility index (Phi) is 3.24. The predicted octanol–water partition coefficient (Wildman–Crippen LogP) is 1.23. The third kappa shape index (κ3) is 3.10. The number of benzene rings is 1. The largest absolute Gasteiger partial charge is 0.381 e. The maximum atomic E-state index is 10.3. The standard InChI is InChI=1S/C11H10O2/c1-9(13)2-3-10-4-6-11(8-12)7-5-10/h4-9,13H,1H3/t9-/m0/s1. The maximum absolute atomic E-state index is 10.3. The van der Waals surface area contributed by atoms with Gasteiger partial charge in [0, 0.05) is 11.1 Å². The molecule has 0 fully saturated rings. The molecule has 1 N–H and O–H groups in total. The lowest BCUT2D eigenvalue weighted by Crippen LogP contribution is -1.92. The molecule has 66 valence electrons. The van der Waals surface area contributed by atoms with Gasteiger partial charge in [0.2, 0.25) is 0 Å². The van der Waals surface area contributed by atoms with E-state index in [9.17, 15) is 4.79 Å². The van der Waals surface area contributed by atoms with Gasteiger partial charge in [-0.2, -0.15) is 0 Å². The van der Waals surface area contributed by atoms with Crippen molar-refractivity contribution < 1.29 is 9.90 Å². The Morgan fingerprint density at radius 3 is 2.46 bits per heavy atom. The van der Waals surface area contributed by atoms with Crippen LogP contribution < -0.4 is 0 Å². The number of aliphatic hydroxyl groups excluding tert-OH is 1. The van der Waals surface area contributed by atoms with E-state index in [2.05, 4.69) is 11.8 Å². The number of carbonyl (C=O) groups excluding carboxylic acids is 1. The maximum Gasteiger partial charge on any atom is 0.150 e. The van der Waals surface area contributed by atoms with Crippen molar-refractivity contribution in [1.82, 2.24) is 0 Å². The quantitative estimate of drug-likeness (QED) is 0.513. The van der Waals surface area contributed by atoms with Crippen LogP contribution in [-0.4, -0.2) is 17.5 Å². The Balaban J connectivity index is 2.82. The van der Waals surface area contributed by atoms with Crippen LogP contribution in [0.3, 0.4) is 0 Å². The zero-order valence-corrected chi connectivity index (χ0v) is 7.32. The van der Waals surface area contributed by atoms with Gasteiger partial charge in [0.1, 0.15) is 12.4 Å². The van der Waals surface area contributed by atoms with E-state index < -0.39 is 6.10 Å². The van der Waals surface area contributed by atoms with E-state index in [4.69, 9.17) is 5.11 Å². The zero-order valence-electron chi connectivity index (χ0n) is 7.32. The molecule has 0 bridgehead atoms. The fourth-order valence-electron chi connectivity index (χ4n) is 0.833. The van der Waals surface area contributed by atoms with Crippen molar-refractivity contribution in [3.8, 4) is 11.8 Å². The molecule has 0 spiro atoms. The molecule has 0 heterocycles. The van der Waals surface area contributed by atoms with Crippen molar-refractivity contribution >= 4 is 6.29 Å². The molecule has 0 saturated carbocycles. The van der Waals surface area contributed by atoms with Gasteiger partial charge in [0.25, 0.3) is 0 Å². The lowest BCUT2D eigenvalue weighted by atomic mass is 10.1. The molecular weight excluding hydrogens is 164 g/mol. The normalized spacial score (nSPS) is 11.2. The third-order valence-electron chi connectivity index (χ3n) is 1.47. The summed E-state index contributed by atoms with van der Waals surface area (Å²) in [4.78, 5) is 10.3. The lowest BCUT2D eigenvalue weighted by Gasteiger charge is -1.91. The molecule has 0 aromatic heterocycles. The van der Waals surface area contributed by atoms with E-state index in [1.807, 2.05) is 0 Å². The molecule has 1 rings (SSSR count). The summed E-state index contributed by atoms with van der Waals surface area (Å²) in [6, 6.07) is 6.89. The summed E-state index contributed by atoms with van der Waals surface area (Å²) in [5.41, 5.74) is 1.43. The van der Waals surface area contributed by atoms with Gasteiger partial charge in [-0.25, -0.2) is 0 Å². The monoisotopic (exact) mass is 174 g/mol. The average molecular weight is 174 g/mol. The van der Waals surface area contributed by atoms with Gasteiger partial charge < -0.3 is 5.11 Å². The molecule has 13 heavy (non-hydrogen) atoms. The molecule has 0 aliphatic heterocycles. The van der Waals surface area contributed by atoms with Gasteiger partial charge in [-0.3, -0.25) is 4.79 Å². The second kappa shape index (κ2) is 4.44. The van der Waals surface area contributed by atoms with Crippen LogP contribution in [0.1, 0.15) is 22.8 Å². The third-order valence-corrected chi connectivity index (χ3v) is 1.47. The highest BCUT2D eigenvalue weighted by Crippen LogP contribution is 2.00. The summed E-state index contributed by atoms with van der Waals surface area (Å²) >= 11 is 0. The van der Waals surface area contributed by atoms with Gasteiger partial charge >= 0.3 is 0 Å². The van der Waals surface area contributed by atoms with Crippen molar-refractivity contribution in [2.24, 2.45) is 0 Å². The van der Waals surface area contributed by atoms with Gasteiger partial charge in [-0.15, -0.1) is 0 Å². The Labute approximate surface area is 77.2 Å². The summed E-state index contributed by atoms with van der Waals surface area (Å²) in [5, 5.41) is 8.88. The molecule has 0 radical (unpaired) electrons. The van der Waals surface area contributed by atoms with Crippen LogP contribution in [-0.2, 0) is 0 Å². The summed E-state index contributed by atoms with van der Waals surface area (Å²) in [5.74, 6) is 5.40. The first-order valence-corrected chi connectivity index (χ1v) is 3.97. The highest BCUT2D eigenvalue weighted by atomic mass is 16.3. The Morgan fingerprint density at radius 1 is 1.38 bits per heavy atom. The minimum Gasteiger partial charge on any atom is -0.381 e. The van der Waals surface area contributed by atoms with Crippen molar-refractivity contribution in [2.75, 3.05) is 0 Å². The van der Waals surface area contributed by atoms with Crippen molar-refractivity contribution in [2.45, 2.75) is 13.0 Å². The van der Waals surface area contributed by atoms with Crippen LogP contribution >= 0.6 is 0 Å². The van der Waals surface area contributed by atoms with Crippen LogP contribution in [0.15, 0.2) is 24.3 Å². The number of hydrogen-bond acceptors (Lipinski definition) is 2. The van der Waals surface area contributed by atoms with E-state index in [0.29, 0.717) is 5.56 Å². The highest BCUT2D eigenvalue weighted by molar-refractivity contribution is 5.74. The summed E-state index contributed by atoms with van der Waals surface area (Å²) < 4.78 is 0. The van der Waals surface area contributed by atoms with Crippen LogP contribution in [0, 0.1) is 11.8 Å².